The summed E-state index contributed by atoms with van der Waals surface area (Å²) in [7, 11) is -3.94. The fourth-order valence-corrected chi connectivity index (χ4v) is 9.34. The number of rotatable bonds is 7. The zero-order valence-electron chi connectivity index (χ0n) is 31.5. The van der Waals surface area contributed by atoms with Crippen molar-refractivity contribution in [3.05, 3.63) is 54.8 Å². The third kappa shape index (κ3) is 8.02. The summed E-state index contributed by atoms with van der Waals surface area (Å²) in [5.74, 6) is -6.75. The Hall–Kier alpha value is -4.51. The first-order valence-corrected chi connectivity index (χ1v) is 20.6. The van der Waals surface area contributed by atoms with E-state index >= 15 is 8.78 Å². The van der Waals surface area contributed by atoms with E-state index in [-0.39, 0.29) is 37.0 Å². The maximum Gasteiger partial charge on any atom is 0.408 e. The zero-order chi connectivity index (χ0) is 40.2. The van der Waals surface area contributed by atoms with Crippen LogP contribution in [0.3, 0.4) is 0 Å². The second-order valence-electron chi connectivity index (χ2n) is 16.6. The molecule has 0 radical (unpaired) electrons. The highest BCUT2D eigenvalue weighted by atomic mass is 32.2. The van der Waals surface area contributed by atoms with Crippen LogP contribution in [0.2, 0.25) is 0 Å². The largest absolute Gasteiger partial charge is 0.471 e. The highest BCUT2D eigenvalue weighted by Gasteiger charge is 2.61. The van der Waals surface area contributed by atoms with Crippen LogP contribution in [0.5, 0.6) is 5.88 Å². The number of allylic oxidation sites excluding steroid dienone is 2. The summed E-state index contributed by atoms with van der Waals surface area (Å²) < 4.78 is 77.6. The number of carbonyl (C=O) groups excluding carboxylic acids is 4. The van der Waals surface area contributed by atoms with Crippen LogP contribution in [-0.4, -0.2) is 95.8 Å². The summed E-state index contributed by atoms with van der Waals surface area (Å²) in [6, 6.07) is 3.96. The first kappa shape index (κ1) is 39.7. The first-order valence-electron chi connectivity index (χ1n) is 19.0. The Bertz CT molecular complexity index is 2070. The normalized spacial score (nSPS) is 31.4. The number of sulfonamides is 1. The number of ether oxygens (including phenoxy) is 3. The van der Waals surface area contributed by atoms with Crippen molar-refractivity contribution in [3.8, 4) is 5.88 Å². The van der Waals surface area contributed by atoms with E-state index in [4.69, 9.17) is 14.2 Å². The van der Waals surface area contributed by atoms with Crippen molar-refractivity contribution in [2.24, 2.45) is 16.7 Å². The van der Waals surface area contributed by atoms with Gasteiger partial charge >= 0.3 is 12.0 Å². The van der Waals surface area contributed by atoms with E-state index in [1.54, 1.807) is 45.0 Å². The Morgan fingerprint density at radius 2 is 1.77 bits per heavy atom. The van der Waals surface area contributed by atoms with Crippen LogP contribution in [0.1, 0.15) is 77.8 Å². The van der Waals surface area contributed by atoms with Gasteiger partial charge in [-0.05, 0) is 68.1 Å². The van der Waals surface area contributed by atoms with Crippen molar-refractivity contribution < 1.29 is 50.6 Å². The molecule has 2 N–H and O–H groups in total. The number of Topliss-reactive ketones (excluding diaryl/α,β-unsaturated/α-hetero) is 1. The Kier molecular flexibility index (Phi) is 10.5. The molecule has 56 heavy (non-hydrogen) atoms. The van der Waals surface area contributed by atoms with Gasteiger partial charge in [-0.3, -0.25) is 19.1 Å². The van der Waals surface area contributed by atoms with Gasteiger partial charge < -0.3 is 24.4 Å². The van der Waals surface area contributed by atoms with Gasteiger partial charge in [-0.2, -0.15) is 8.78 Å². The fraction of sp³-hybridized carbons (Fsp3) is 0.590. The molecule has 1 aromatic carbocycles. The SMILES string of the molecule is C=C[C@@H]1C[C@]1(CC(=O)[C@@H]1C[C@@H]2CN1C(=O)[C@H](C(C)(C)C)NC(=O)O[C@@H]1CCC[C@H]1OC/C=C/C(F)(F)c1nc3ccccc3nc1O2)C(=O)NS(=O)(=O)C1CC1. The molecule has 2 aliphatic heterocycles. The summed E-state index contributed by atoms with van der Waals surface area (Å²) >= 11 is 0. The van der Waals surface area contributed by atoms with Gasteiger partial charge in [0.15, 0.2) is 11.5 Å². The third-order valence-electron chi connectivity index (χ3n) is 11.4. The number of para-hydroxylation sites is 2. The van der Waals surface area contributed by atoms with Crippen molar-refractivity contribution in [2.45, 2.75) is 114 Å². The number of nitrogens with one attached hydrogen (secondary N) is 2. The maximum atomic E-state index is 16.1. The van der Waals surface area contributed by atoms with E-state index in [2.05, 4.69) is 26.6 Å². The molecular weight excluding hydrogens is 753 g/mol. The number of hydrogen-bond acceptors (Lipinski definition) is 11. The van der Waals surface area contributed by atoms with Gasteiger partial charge in [0.1, 0.15) is 18.2 Å². The lowest BCUT2D eigenvalue weighted by molar-refractivity contribution is -0.142. The van der Waals surface area contributed by atoms with Gasteiger partial charge in [0, 0.05) is 12.8 Å². The van der Waals surface area contributed by atoms with Gasteiger partial charge in [-0.15, -0.1) is 6.58 Å². The predicted octanol–water partition coefficient (Wildman–Crippen LogP) is 4.48. The molecule has 3 aliphatic carbocycles. The van der Waals surface area contributed by atoms with Gasteiger partial charge in [0.05, 0.1) is 47.0 Å². The summed E-state index contributed by atoms with van der Waals surface area (Å²) in [6.07, 6.45) is 2.14. The Morgan fingerprint density at radius 3 is 2.43 bits per heavy atom. The number of fused-ring (bicyclic) bond motifs is 5. The molecule has 1 aromatic heterocycles. The summed E-state index contributed by atoms with van der Waals surface area (Å²) in [6.45, 7) is 8.49. The number of alkyl carbamates (subject to hydrolysis) is 1. The van der Waals surface area contributed by atoms with Crippen molar-refractivity contribution in [1.82, 2.24) is 24.9 Å². The molecule has 0 unspecified atom stereocenters. The van der Waals surface area contributed by atoms with Crippen LogP contribution in [0.25, 0.3) is 11.0 Å². The number of benzene rings is 1. The van der Waals surface area contributed by atoms with E-state index in [0.29, 0.717) is 38.2 Å². The second-order valence-corrected chi connectivity index (χ2v) is 18.5. The lowest BCUT2D eigenvalue weighted by Crippen LogP contribution is -2.57. The number of nitrogens with zero attached hydrogens (tertiary/aromatic N) is 3. The van der Waals surface area contributed by atoms with Crippen molar-refractivity contribution in [1.29, 1.82) is 0 Å². The molecule has 2 bridgehead atoms. The standard InChI is InChI=1S/C39H47F2N5O9S/c1-5-22-19-38(22,35(49)45-56(51,52)24-14-15-24)20-28(47)27-18-23-21-46(27)34(48)32(37(2,3)4)44-36(50)55-30-13-8-12-29(30)53-17-9-16-39(40,41)31-33(54-23)43-26-11-7-6-10-25(26)42-31/h5-7,9-11,16,22-24,27,29-30,32H,1,8,12-15,17-21H2,2-4H3,(H,44,50)(H,45,49)/b16-9+/t22-,23-,27+,29-,30-,32-,38-/m1/s1. The third-order valence-corrected chi connectivity index (χ3v) is 13.2. The van der Waals surface area contributed by atoms with Gasteiger partial charge in [0.25, 0.3) is 0 Å². The Morgan fingerprint density at radius 1 is 1.07 bits per heavy atom. The number of aromatic nitrogens is 2. The minimum Gasteiger partial charge on any atom is -0.471 e. The number of carbonyl (C=O) groups is 4. The van der Waals surface area contributed by atoms with Crippen LogP contribution in [0.4, 0.5) is 13.6 Å². The van der Waals surface area contributed by atoms with E-state index < -0.39 is 110 Å². The molecule has 1 saturated heterocycles. The van der Waals surface area contributed by atoms with Gasteiger partial charge in [-0.25, -0.2) is 23.2 Å². The number of alkyl halides is 2. The molecule has 0 spiro atoms. The summed E-state index contributed by atoms with van der Waals surface area (Å²) in [4.78, 5) is 66.0. The minimum absolute atomic E-state index is 0.164. The zero-order valence-corrected chi connectivity index (χ0v) is 32.4. The molecular formula is C39H47F2N5O9S. The summed E-state index contributed by atoms with van der Waals surface area (Å²) in [5.41, 5.74) is -2.64. The van der Waals surface area contributed by atoms with E-state index in [9.17, 15) is 27.6 Å². The van der Waals surface area contributed by atoms with Crippen LogP contribution in [-0.2, 0) is 39.8 Å². The van der Waals surface area contributed by atoms with Crippen LogP contribution >= 0.6 is 0 Å². The van der Waals surface area contributed by atoms with Gasteiger partial charge in [-0.1, -0.05) is 45.1 Å². The fourth-order valence-electron chi connectivity index (χ4n) is 7.96. The molecule has 302 valence electrons. The highest BCUT2D eigenvalue weighted by Crippen LogP contribution is 2.57. The average molecular weight is 800 g/mol. The van der Waals surface area contributed by atoms with E-state index in [0.717, 1.165) is 6.08 Å². The lowest BCUT2D eigenvalue weighted by atomic mass is 9.85. The van der Waals surface area contributed by atoms with Crippen molar-refractivity contribution in [3.63, 3.8) is 0 Å². The molecule has 14 nitrogen and oxygen atoms in total. The van der Waals surface area contributed by atoms with Crippen LogP contribution in [0, 0.1) is 16.7 Å². The molecule has 7 rings (SSSR count). The predicted molar refractivity (Wildman–Crippen MR) is 198 cm³/mol. The molecule has 3 heterocycles. The second kappa shape index (κ2) is 14.8. The maximum absolute atomic E-state index is 16.1. The Balaban J connectivity index is 1.26. The topological polar surface area (TPSA) is 183 Å². The van der Waals surface area contributed by atoms with E-state index in [1.165, 1.54) is 11.0 Å². The van der Waals surface area contributed by atoms with E-state index in [1.807, 2.05) is 0 Å². The lowest BCUT2D eigenvalue weighted by Gasteiger charge is -2.35. The van der Waals surface area contributed by atoms with Gasteiger partial charge in [0.2, 0.25) is 27.7 Å². The number of ketones is 1. The number of amides is 3. The smallest absolute Gasteiger partial charge is 0.408 e. The molecule has 3 amide bonds. The molecule has 3 saturated carbocycles. The highest BCUT2D eigenvalue weighted by molar-refractivity contribution is 7.90. The molecule has 17 heteroatoms. The minimum atomic E-state index is -3.94. The Labute approximate surface area is 323 Å². The molecule has 4 fully saturated rings. The summed E-state index contributed by atoms with van der Waals surface area (Å²) in [5, 5.41) is 2.03. The molecule has 2 aromatic rings. The van der Waals surface area contributed by atoms with Crippen LogP contribution in [0.15, 0.2) is 49.1 Å². The average Bonchev–Trinajstić information content (AvgIpc) is 4.03. The first-order chi connectivity index (χ1) is 26.4. The number of hydrogen-bond donors (Lipinski definition) is 2. The monoisotopic (exact) mass is 799 g/mol. The van der Waals surface area contributed by atoms with Crippen LogP contribution < -0.4 is 14.8 Å². The molecule has 7 atom stereocenters. The van der Waals surface area contributed by atoms with Crippen molar-refractivity contribution in [2.75, 3.05) is 13.2 Å². The molecule has 5 aliphatic rings. The quantitative estimate of drug-likeness (QED) is 0.377. The number of halogens is 2. The van der Waals surface area contributed by atoms with Crippen molar-refractivity contribution >= 4 is 44.7 Å².